The van der Waals surface area contributed by atoms with Crippen LogP contribution in [0.25, 0.3) is 11.3 Å². The van der Waals surface area contributed by atoms with Crippen molar-refractivity contribution in [2.75, 3.05) is 29.3 Å². The van der Waals surface area contributed by atoms with Crippen molar-refractivity contribution in [2.45, 2.75) is 78.8 Å². The summed E-state index contributed by atoms with van der Waals surface area (Å²) in [5, 5.41) is 0. The molecule has 1 amide bonds. The molecule has 0 unspecified atom stereocenters. The standard InChI is InChI=1S/C38H46N6O4S/c1-25-10-8-11-26(2)34(25)32-18-33-41-36(40-32)42-49(46,47)31-13-9-12-28(17-31)35(45)44(30(23-48-33)19-37(3,4)5)22-27-16-29(21-39-20-27)43-15-14-38(6,7)24-43/h8-13,16-18,20-21,30H,14-15,19,22-24H2,1-7H3,(H,40,41,42)/t30-/m1/s1. The van der Waals surface area contributed by atoms with Gasteiger partial charge in [0.1, 0.15) is 6.61 Å². The number of hydrogen-bond donors (Lipinski definition) is 1. The Kier molecular flexibility index (Phi) is 9.17. The van der Waals surface area contributed by atoms with Crippen LogP contribution in [0.4, 0.5) is 11.6 Å². The van der Waals surface area contributed by atoms with E-state index < -0.39 is 16.1 Å². The summed E-state index contributed by atoms with van der Waals surface area (Å²) in [7, 11) is -4.16. The Bertz CT molecular complexity index is 1970. The Morgan fingerprint density at radius 1 is 1.00 bits per heavy atom. The van der Waals surface area contributed by atoms with Crippen molar-refractivity contribution in [3.8, 4) is 17.1 Å². The zero-order chi connectivity index (χ0) is 35.1. The number of fused-ring (bicyclic) bond motifs is 4. The Morgan fingerprint density at radius 3 is 2.43 bits per heavy atom. The summed E-state index contributed by atoms with van der Waals surface area (Å²) in [5.41, 5.74) is 5.59. The molecule has 2 aliphatic heterocycles. The topological polar surface area (TPSA) is 118 Å². The van der Waals surface area contributed by atoms with E-state index in [1.54, 1.807) is 29.3 Å². The molecule has 1 fully saturated rings. The van der Waals surface area contributed by atoms with Crippen LogP contribution in [0.1, 0.15) is 74.5 Å². The first kappa shape index (κ1) is 34.4. The van der Waals surface area contributed by atoms with Crippen LogP contribution in [0.5, 0.6) is 5.88 Å². The highest BCUT2D eigenvalue weighted by molar-refractivity contribution is 7.92. The number of aryl methyl sites for hydroxylation is 2. The molecule has 0 radical (unpaired) electrons. The van der Waals surface area contributed by atoms with Crippen molar-refractivity contribution in [1.29, 1.82) is 0 Å². The zero-order valence-electron chi connectivity index (χ0n) is 29.4. The van der Waals surface area contributed by atoms with Crippen molar-refractivity contribution >= 4 is 27.6 Å². The molecule has 4 bridgehead atoms. The van der Waals surface area contributed by atoms with Gasteiger partial charge in [0, 0.05) is 43.0 Å². The third kappa shape index (κ3) is 7.88. The number of carbonyl (C=O) groups excluding carboxylic acids is 1. The summed E-state index contributed by atoms with van der Waals surface area (Å²) in [6.07, 6.45) is 5.39. The predicted molar refractivity (Wildman–Crippen MR) is 192 cm³/mol. The van der Waals surface area contributed by atoms with E-state index >= 15 is 0 Å². The molecule has 2 aromatic carbocycles. The number of nitrogens with zero attached hydrogens (tertiary/aromatic N) is 5. The molecule has 4 aromatic rings. The molecular weight excluding hydrogens is 637 g/mol. The Labute approximate surface area is 290 Å². The van der Waals surface area contributed by atoms with Crippen molar-refractivity contribution in [3.05, 3.63) is 89.2 Å². The maximum atomic E-state index is 14.5. The van der Waals surface area contributed by atoms with Crippen LogP contribution in [0.15, 0.2) is 71.9 Å². The monoisotopic (exact) mass is 682 g/mol. The van der Waals surface area contributed by atoms with E-state index in [9.17, 15) is 13.2 Å². The molecule has 2 aromatic heterocycles. The van der Waals surface area contributed by atoms with Gasteiger partial charge in [0.2, 0.25) is 11.8 Å². The summed E-state index contributed by atoms with van der Waals surface area (Å²) < 4.78 is 36.4. The number of nitrogens with one attached hydrogen (secondary N) is 1. The molecule has 11 heteroatoms. The second-order valence-electron chi connectivity index (χ2n) is 15.4. The van der Waals surface area contributed by atoms with E-state index in [-0.39, 0.29) is 52.2 Å². The molecule has 49 heavy (non-hydrogen) atoms. The number of sulfonamides is 1. The van der Waals surface area contributed by atoms with Crippen LogP contribution in [-0.2, 0) is 16.6 Å². The van der Waals surface area contributed by atoms with Crippen molar-refractivity contribution < 1.29 is 17.9 Å². The van der Waals surface area contributed by atoms with E-state index in [1.807, 2.05) is 38.2 Å². The minimum atomic E-state index is -4.16. The highest BCUT2D eigenvalue weighted by Crippen LogP contribution is 2.34. The number of hydrogen-bond acceptors (Lipinski definition) is 8. The van der Waals surface area contributed by atoms with Gasteiger partial charge in [-0.3, -0.25) is 9.78 Å². The van der Waals surface area contributed by atoms with E-state index in [0.29, 0.717) is 12.1 Å². The van der Waals surface area contributed by atoms with Gasteiger partial charge in [0.05, 0.1) is 28.5 Å². The fourth-order valence-corrected chi connectivity index (χ4v) is 7.80. The minimum absolute atomic E-state index is 0.0613. The molecular formula is C38H46N6O4S. The van der Waals surface area contributed by atoms with Crippen molar-refractivity contribution in [2.24, 2.45) is 10.8 Å². The summed E-state index contributed by atoms with van der Waals surface area (Å²) in [6, 6.07) is 15.5. The van der Waals surface area contributed by atoms with Gasteiger partial charge in [0.15, 0.2) is 0 Å². The smallest absolute Gasteiger partial charge is 0.264 e. The van der Waals surface area contributed by atoms with Crippen LogP contribution in [0, 0.1) is 24.7 Å². The van der Waals surface area contributed by atoms with E-state index in [2.05, 4.69) is 65.3 Å². The number of carbonyl (C=O) groups is 1. The van der Waals surface area contributed by atoms with Crippen LogP contribution < -0.4 is 14.4 Å². The summed E-state index contributed by atoms with van der Waals surface area (Å²) >= 11 is 0. The van der Waals surface area contributed by atoms with Crippen molar-refractivity contribution in [1.82, 2.24) is 19.9 Å². The molecule has 0 spiro atoms. The SMILES string of the molecule is Cc1cccc(C)c1-c1cc2nc(n1)NS(=O)(=O)c1cccc(c1)C(=O)N(Cc1cncc(N3CCC(C)(C)C3)c1)[C@H](CC(C)(C)C)CO2. The van der Waals surface area contributed by atoms with E-state index in [1.165, 1.54) is 12.1 Å². The highest BCUT2D eigenvalue weighted by Gasteiger charge is 2.33. The lowest BCUT2D eigenvalue weighted by Crippen LogP contribution is -2.45. The Balaban J connectivity index is 1.46. The van der Waals surface area contributed by atoms with Crippen LogP contribution in [-0.4, -0.2) is 59.9 Å². The van der Waals surface area contributed by atoms with E-state index in [4.69, 9.17) is 4.74 Å². The molecule has 2 aliphatic rings. The zero-order valence-corrected chi connectivity index (χ0v) is 30.3. The van der Waals surface area contributed by atoms with Crippen LogP contribution >= 0.6 is 0 Å². The van der Waals surface area contributed by atoms with Gasteiger partial charge in [0.25, 0.3) is 15.9 Å². The summed E-state index contributed by atoms with van der Waals surface area (Å²) in [4.78, 5) is 32.3. The number of amides is 1. The van der Waals surface area contributed by atoms with Gasteiger partial charge >= 0.3 is 0 Å². The average molecular weight is 683 g/mol. The van der Waals surface area contributed by atoms with Crippen molar-refractivity contribution in [3.63, 3.8) is 0 Å². The van der Waals surface area contributed by atoms with E-state index in [0.717, 1.165) is 47.5 Å². The molecule has 10 nitrogen and oxygen atoms in total. The maximum absolute atomic E-state index is 14.5. The molecule has 4 heterocycles. The molecule has 0 aliphatic carbocycles. The minimum Gasteiger partial charge on any atom is -0.475 e. The average Bonchev–Trinajstić information content (AvgIpc) is 3.40. The first-order valence-corrected chi connectivity index (χ1v) is 18.3. The van der Waals surface area contributed by atoms with Gasteiger partial charge in [-0.15, -0.1) is 0 Å². The predicted octanol–water partition coefficient (Wildman–Crippen LogP) is 7.03. The Morgan fingerprint density at radius 2 is 1.73 bits per heavy atom. The fraction of sp³-hybridized carbons (Fsp3) is 0.421. The van der Waals surface area contributed by atoms with Gasteiger partial charge in [-0.25, -0.2) is 18.1 Å². The lowest BCUT2D eigenvalue weighted by molar-refractivity contribution is 0.0513. The molecule has 1 N–H and O–H groups in total. The second kappa shape index (κ2) is 13.1. The van der Waals surface area contributed by atoms with Gasteiger partial charge in [-0.2, -0.15) is 4.98 Å². The number of anilines is 2. The summed E-state index contributed by atoms with van der Waals surface area (Å²) in [6.45, 7) is 17.2. The van der Waals surface area contributed by atoms with Gasteiger partial charge in [-0.1, -0.05) is 58.9 Å². The number of pyridine rings is 1. The third-order valence-corrected chi connectivity index (χ3v) is 10.5. The lowest BCUT2D eigenvalue weighted by Gasteiger charge is -2.36. The number of aromatic nitrogens is 3. The second-order valence-corrected chi connectivity index (χ2v) is 17.0. The molecule has 6 rings (SSSR count). The molecule has 1 saturated heterocycles. The largest absolute Gasteiger partial charge is 0.475 e. The molecule has 258 valence electrons. The normalized spacial score (nSPS) is 18.9. The van der Waals surface area contributed by atoms with Crippen LogP contribution in [0.3, 0.4) is 0 Å². The first-order valence-electron chi connectivity index (χ1n) is 16.8. The third-order valence-electron chi connectivity index (χ3n) is 9.21. The van der Waals surface area contributed by atoms with Gasteiger partial charge in [-0.05, 0) is 78.5 Å². The number of rotatable bonds is 5. The first-order chi connectivity index (χ1) is 23.1. The fourth-order valence-electron chi connectivity index (χ4n) is 6.81. The summed E-state index contributed by atoms with van der Waals surface area (Å²) in [5.74, 6) is -0.192. The lowest BCUT2D eigenvalue weighted by atomic mass is 9.87. The highest BCUT2D eigenvalue weighted by atomic mass is 32.2. The quantitative estimate of drug-likeness (QED) is 0.239. The maximum Gasteiger partial charge on any atom is 0.264 e. The van der Waals surface area contributed by atoms with Gasteiger partial charge < -0.3 is 14.5 Å². The molecule has 1 atom stereocenters. The number of ether oxygens (including phenoxy) is 1. The van der Waals surface area contributed by atoms with Crippen LogP contribution in [0.2, 0.25) is 0 Å². The Hall–Kier alpha value is -4.51. The number of benzene rings is 2. The molecule has 0 saturated carbocycles.